The fraction of sp³-hybridized carbons (Fsp3) is 0.150. The van der Waals surface area contributed by atoms with Gasteiger partial charge >= 0.3 is 6.61 Å². The molecule has 0 radical (unpaired) electrons. The molecule has 4 aromatic rings. The van der Waals surface area contributed by atoms with E-state index in [2.05, 4.69) is 20.1 Å². The van der Waals surface area contributed by atoms with Gasteiger partial charge in [0.25, 0.3) is 5.91 Å². The number of carbonyl (C=O) groups is 1. The Morgan fingerprint density at radius 1 is 1.23 bits per heavy atom. The molecule has 0 aliphatic rings. The summed E-state index contributed by atoms with van der Waals surface area (Å²) in [6, 6.07) is 11.2. The summed E-state index contributed by atoms with van der Waals surface area (Å²) in [4.78, 5) is 16.7. The zero-order chi connectivity index (χ0) is 22.0. The van der Waals surface area contributed by atoms with Gasteiger partial charge in [0.2, 0.25) is 0 Å². The number of nitrogens with one attached hydrogen (secondary N) is 1. The molecule has 0 fully saturated rings. The van der Waals surface area contributed by atoms with E-state index in [1.54, 1.807) is 30.5 Å². The second-order valence-corrected chi connectivity index (χ2v) is 7.84. The van der Waals surface area contributed by atoms with Gasteiger partial charge in [-0.3, -0.25) is 10.1 Å². The molecule has 2 aromatic carbocycles. The van der Waals surface area contributed by atoms with Crippen LogP contribution in [0.1, 0.15) is 16.1 Å². The molecule has 0 spiro atoms. The fourth-order valence-corrected chi connectivity index (χ4v) is 3.70. The SMILES string of the molecule is Cc1cc(OCn2ccc(C(=O)Nc3nc4ccc(OC(F)F)cc4s3)n2)ccc1Cl. The number of benzene rings is 2. The molecule has 0 saturated heterocycles. The first kappa shape index (κ1) is 21.0. The van der Waals surface area contributed by atoms with Crippen molar-refractivity contribution in [2.75, 3.05) is 5.32 Å². The maximum Gasteiger partial charge on any atom is 0.387 e. The van der Waals surface area contributed by atoms with Crippen molar-refractivity contribution in [3.63, 3.8) is 0 Å². The molecule has 0 saturated carbocycles. The highest BCUT2D eigenvalue weighted by molar-refractivity contribution is 7.22. The zero-order valence-corrected chi connectivity index (χ0v) is 17.6. The molecule has 1 amide bonds. The monoisotopic (exact) mass is 464 g/mol. The van der Waals surface area contributed by atoms with Crippen molar-refractivity contribution in [2.24, 2.45) is 0 Å². The van der Waals surface area contributed by atoms with E-state index in [-0.39, 0.29) is 18.2 Å². The van der Waals surface area contributed by atoms with Gasteiger partial charge in [0.1, 0.15) is 11.5 Å². The topological polar surface area (TPSA) is 78.3 Å². The van der Waals surface area contributed by atoms with Crippen LogP contribution in [0.2, 0.25) is 5.02 Å². The normalized spacial score (nSPS) is 11.1. The van der Waals surface area contributed by atoms with E-state index in [0.717, 1.165) is 16.9 Å². The predicted molar refractivity (Wildman–Crippen MR) is 113 cm³/mol. The minimum atomic E-state index is -2.91. The summed E-state index contributed by atoms with van der Waals surface area (Å²) in [6.45, 7) is -0.921. The van der Waals surface area contributed by atoms with Crippen molar-refractivity contribution in [1.82, 2.24) is 14.8 Å². The van der Waals surface area contributed by atoms with Gasteiger partial charge in [-0.25, -0.2) is 9.67 Å². The molecule has 7 nitrogen and oxygen atoms in total. The molecule has 4 rings (SSSR count). The van der Waals surface area contributed by atoms with Gasteiger partial charge in [-0.1, -0.05) is 22.9 Å². The van der Waals surface area contributed by atoms with Gasteiger partial charge in [-0.2, -0.15) is 13.9 Å². The van der Waals surface area contributed by atoms with E-state index in [0.29, 0.717) is 26.1 Å². The van der Waals surface area contributed by atoms with Gasteiger partial charge in [-0.15, -0.1) is 0 Å². The molecule has 0 aliphatic carbocycles. The van der Waals surface area contributed by atoms with E-state index >= 15 is 0 Å². The third-order valence-electron chi connectivity index (χ3n) is 4.17. The Morgan fingerprint density at radius 3 is 2.81 bits per heavy atom. The third-order valence-corrected chi connectivity index (χ3v) is 5.53. The summed E-state index contributed by atoms with van der Waals surface area (Å²) in [5, 5.41) is 7.81. The Bertz CT molecular complexity index is 1240. The minimum Gasteiger partial charge on any atom is -0.471 e. The summed E-state index contributed by atoms with van der Waals surface area (Å²) in [6.07, 6.45) is 1.62. The Hall–Kier alpha value is -3.24. The number of thiazole rings is 1. The van der Waals surface area contributed by atoms with Crippen LogP contribution in [-0.2, 0) is 6.73 Å². The Morgan fingerprint density at radius 2 is 2.03 bits per heavy atom. The van der Waals surface area contributed by atoms with Gasteiger partial charge < -0.3 is 9.47 Å². The number of aryl methyl sites for hydroxylation is 1. The van der Waals surface area contributed by atoms with Crippen molar-refractivity contribution in [2.45, 2.75) is 20.3 Å². The average molecular weight is 465 g/mol. The minimum absolute atomic E-state index is 0.0265. The average Bonchev–Trinajstić information content (AvgIpc) is 3.34. The number of halogens is 3. The van der Waals surface area contributed by atoms with Crippen molar-refractivity contribution < 1.29 is 23.0 Å². The highest BCUT2D eigenvalue weighted by Crippen LogP contribution is 2.30. The maximum absolute atomic E-state index is 12.5. The van der Waals surface area contributed by atoms with Crippen LogP contribution < -0.4 is 14.8 Å². The molecule has 160 valence electrons. The Balaban J connectivity index is 1.39. The van der Waals surface area contributed by atoms with E-state index in [1.165, 1.54) is 16.8 Å². The lowest BCUT2D eigenvalue weighted by atomic mass is 10.2. The summed E-state index contributed by atoms with van der Waals surface area (Å²) < 4.78 is 36.8. The molecule has 0 aliphatic heterocycles. The molecule has 2 heterocycles. The number of ether oxygens (including phenoxy) is 2. The molecular formula is C20H15ClF2N4O3S. The highest BCUT2D eigenvalue weighted by Gasteiger charge is 2.14. The third kappa shape index (κ3) is 5.09. The van der Waals surface area contributed by atoms with E-state index < -0.39 is 12.5 Å². The van der Waals surface area contributed by atoms with Crippen LogP contribution in [-0.4, -0.2) is 27.3 Å². The molecule has 2 aromatic heterocycles. The first-order chi connectivity index (χ1) is 14.9. The number of amides is 1. The number of anilines is 1. The van der Waals surface area contributed by atoms with Crippen LogP contribution >= 0.6 is 22.9 Å². The quantitative estimate of drug-likeness (QED) is 0.399. The van der Waals surface area contributed by atoms with Gasteiger partial charge in [0.15, 0.2) is 17.6 Å². The van der Waals surface area contributed by atoms with Crippen molar-refractivity contribution in [3.8, 4) is 11.5 Å². The van der Waals surface area contributed by atoms with Crippen LogP contribution in [0.3, 0.4) is 0 Å². The van der Waals surface area contributed by atoms with Gasteiger partial charge in [-0.05, 0) is 55.0 Å². The lowest BCUT2D eigenvalue weighted by Gasteiger charge is -2.07. The van der Waals surface area contributed by atoms with Crippen molar-refractivity contribution in [1.29, 1.82) is 0 Å². The molecule has 31 heavy (non-hydrogen) atoms. The van der Waals surface area contributed by atoms with Gasteiger partial charge in [0, 0.05) is 11.2 Å². The number of aromatic nitrogens is 3. The zero-order valence-electron chi connectivity index (χ0n) is 16.0. The molecular weight excluding hydrogens is 450 g/mol. The van der Waals surface area contributed by atoms with Crippen LogP contribution in [0.5, 0.6) is 11.5 Å². The molecule has 11 heteroatoms. The van der Waals surface area contributed by atoms with Crippen LogP contribution in [0.25, 0.3) is 10.2 Å². The smallest absolute Gasteiger partial charge is 0.387 e. The summed E-state index contributed by atoms with van der Waals surface area (Å²) in [5.41, 5.74) is 1.62. The van der Waals surface area contributed by atoms with Gasteiger partial charge in [0.05, 0.1) is 10.2 Å². The fourth-order valence-electron chi connectivity index (χ4n) is 2.70. The lowest BCUT2D eigenvalue weighted by molar-refractivity contribution is -0.0497. The summed E-state index contributed by atoms with van der Waals surface area (Å²) >= 11 is 7.14. The second kappa shape index (κ2) is 8.86. The first-order valence-corrected chi connectivity index (χ1v) is 10.2. The van der Waals surface area contributed by atoms with Crippen LogP contribution in [0, 0.1) is 6.92 Å². The number of hydrogen-bond acceptors (Lipinski definition) is 6. The molecule has 0 bridgehead atoms. The van der Waals surface area contributed by atoms with Crippen LogP contribution in [0.4, 0.5) is 13.9 Å². The lowest BCUT2D eigenvalue weighted by Crippen LogP contribution is -2.14. The highest BCUT2D eigenvalue weighted by atomic mass is 35.5. The number of hydrogen-bond donors (Lipinski definition) is 1. The van der Waals surface area contributed by atoms with Crippen molar-refractivity contribution >= 4 is 44.2 Å². The molecule has 0 unspecified atom stereocenters. The molecule has 0 atom stereocenters. The molecule has 1 N–H and O–H groups in total. The standard InChI is InChI=1S/C20H15ClF2N4O3S/c1-11-8-12(2-4-14(11)21)29-10-27-7-6-16(26-27)18(28)25-20-24-15-5-3-13(30-19(22)23)9-17(15)31-20/h2-9,19H,10H2,1H3,(H,24,25,28). The summed E-state index contributed by atoms with van der Waals surface area (Å²) in [7, 11) is 0. The first-order valence-electron chi connectivity index (χ1n) is 8.96. The van der Waals surface area contributed by atoms with E-state index in [4.69, 9.17) is 16.3 Å². The number of rotatable bonds is 7. The number of carbonyl (C=O) groups excluding carboxylic acids is 1. The number of fused-ring (bicyclic) bond motifs is 1. The van der Waals surface area contributed by atoms with E-state index in [9.17, 15) is 13.6 Å². The largest absolute Gasteiger partial charge is 0.471 e. The van der Waals surface area contributed by atoms with Crippen LogP contribution in [0.15, 0.2) is 48.7 Å². The number of nitrogens with zero attached hydrogens (tertiary/aromatic N) is 3. The van der Waals surface area contributed by atoms with Crippen molar-refractivity contribution in [3.05, 3.63) is 64.9 Å². The Labute approximate surface area is 184 Å². The van der Waals surface area contributed by atoms with E-state index in [1.807, 2.05) is 13.0 Å². The second-order valence-electron chi connectivity index (χ2n) is 6.41. The maximum atomic E-state index is 12.5. The number of alkyl halides is 2. The Kier molecular flexibility index (Phi) is 6.01. The predicted octanol–water partition coefficient (Wildman–Crippen LogP) is 5.34. The summed E-state index contributed by atoms with van der Waals surface area (Å²) in [5.74, 6) is 0.205.